The summed E-state index contributed by atoms with van der Waals surface area (Å²) in [6.07, 6.45) is 8.09. The largest absolute Gasteiger partial charge is 0.506 e. The molecule has 0 bridgehead atoms. The molecule has 3 aliphatic rings. The maximum atomic E-state index is 14.4. The van der Waals surface area contributed by atoms with Gasteiger partial charge in [-0.25, -0.2) is 4.79 Å². The van der Waals surface area contributed by atoms with Crippen molar-refractivity contribution in [2.75, 3.05) is 0 Å². The first kappa shape index (κ1) is 35.5. The summed E-state index contributed by atoms with van der Waals surface area (Å²) >= 11 is 0. The zero-order chi connectivity index (χ0) is 34.4. The zero-order valence-electron chi connectivity index (χ0n) is 28.6. The highest BCUT2D eigenvalue weighted by molar-refractivity contribution is 6.15. The summed E-state index contributed by atoms with van der Waals surface area (Å²) in [5.74, 6) is -1.42. The summed E-state index contributed by atoms with van der Waals surface area (Å²) in [6.45, 7) is 16.4. The molecule has 0 spiro atoms. The SMILES string of the molecule is CC(C)=CCC[C@@]1(C)C=Cc2c(O)c3c(c(CC(O)C(C)(C)O)c2O1)OC1/C(=C\CC(C)C(C)(C)OC1C/C=C(/C)C(=O)O)C3=O. The topological polar surface area (TPSA) is 143 Å². The first-order valence-electron chi connectivity index (χ1n) is 16.1. The van der Waals surface area contributed by atoms with E-state index in [4.69, 9.17) is 14.2 Å². The Labute approximate surface area is 272 Å². The standard InChI is InChI=1S/C37H50O9/c1-20(2)11-10-17-37(9)18-16-24-30(40)28-29(39)23-14-13-22(4)36(7,8)45-26(15-12-21(3)34(41)42)32(23)44-33(28)25(31(24)46-37)19-27(38)35(5,6)43/h11-12,14,16,18,22,26-27,32,38,40,43H,10,13,15,17,19H2,1-9H3,(H,41,42)/b21-12-,23-14-/t22?,26?,27?,32?,37-/m0/s1. The molecule has 4 N–H and O–H groups in total. The Hall–Kier alpha value is -3.40. The molecule has 9 nitrogen and oxygen atoms in total. The second-order valence-electron chi connectivity index (χ2n) is 14.6. The number of benzene rings is 1. The third kappa shape index (κ3) is 7.27. The number of allylic oxidation sites excluding steroid dienone is 3. The number of aliphatic carboxylic acids is 1. The molecule has 4 rings (SSSR count). The number of aromatic hydroxyl groups is 1. The van der Waals surface area contributed by atoms with Gasteiger partial charge in [-0.05, 0) is 99.1 Å². The molecule has 1 aromatic rings. The predicted molar refractivity (Wildman–Crippen MR) is 176 cm³/mol. The van der Waals surface area contributed by atoms with Crippen molar-refractivity contribution in [2.24, 2.45) is 5.92 Å². The van der Waals surface area contributed by atoms with Crippen molar-refractivity contribution in [1.29, 1.82) is 0 Å². The fourth-order valence-electron chi connectivity index (χ4n) is 5.97. The Bertz CT molecular complexity index is 1500. The van der Waals surface area contributed by atoms with Crippen LogP contribution in [-0.2, 0) is 16.0 Å². The lowest BCUT2D eigenvalue weighted by Gasteiger charge is -2.43. The van der Waals surface area contributed by atoms with Crippen molar-refractivity contribution < 1.29 is 44.2 Å². The Morgan fingerprint density at radius 3 is 2.43 bits per heavy atom. The number of ether oxygens (including phenoxy) is 3. The van der Waals surface area contributed by atoms with Gasteiger partial charge in [0.15, 0.2) is 11.9 Å². The Morgan fingerprint density at radius 1 is 1.15 bits per heavy atom. The number of Topliss-reactive ketones (excluding diaryl/α,β-unsaturated/α-hetero) is 1. The second-order valence-corrected chi connectivity index (χ2v) is 14.6. The van der Waals surface area contributed by atoms with E-state index in [1.807, 2.05) is 53.7 Å². The highest BCUT2D eigenvalue weighted by Crippen LogP contribution is 2.52. The number of phenolic OH excluding ortho intramolecular Hbond substituents is 1. The van der Waals surface area contributed by atoms with Gasteiger partial charge in [0.2, 0.25) is 0 Å². The van der Waals surface area contributed by atoms with Gasteiger partial charge in [0.1, 0.15) is 34.5 Å². The Balaban J connectivity index is 1.92. The first-order chi connectivity index (χ1) is 21.3. The van der Waals surface area contributed by atoms with Crippen LogP contribution in [0.25, 0.3) is 6.08 Å². The molecule has 0 aromatic heterocycles. The highest BCUT2D eigenvalue weighted by atomic mass is 16.6. The molecule has 0 fully saturated rings. The van der Waals surface area contributed by atoms with Gasteiger partial charge in [-0.2, -0.15) is 0 Å². The molecule has 3 aliphatic heterocycles. The third-order valence-electron chi connectivity index (χ3n) is 9.56. The van der Waals surface area contributed by atoms with Crippen molar-refractivity contribution in [3.63, 3.8) is 0 Å². The van der Waals surface area contributed by atoms with Gasteiger partial charge in [-0.1, -0.05) is 30.7 Å². The number of carbonyl (C=O) groups excluding carboxylic acids is 1. The van der Waals surface area contributed by atoms with Gasteiger partial charge in [0.05, 0.1) is 22.9 Å². The third-order valence-corrected chi connectivity index (χ3v) is 9.56. The van der Waals surface area contributed by atoms with Crippen LogP contribution >= 0.6 is 0 Å². The minimum atomic E-state index is -1.50. The van der Waals surface area contributed by atoms with Crippen LogP contribution in [0, 0.1) is 5.92 Å². The van der Waals surface area contributed by atoms with E-state index in [0.29, 0.717) is 29.5 Å². The minimum absolute atomic E-state index is 0.0113. The highest BCUT2D eigenvalue weighted by Gasteiger charge is 2.46. The Kier molecular flexibility index (Phi) is 10.0. The van der Waals surface area contributed by atoms with Gasteiger partial charge in [-0.15, -0.1) is 0 Å². The lowest BCUT2D eigenvalue weighted by molar-refractivity contribution is -0.133. The summed E-state index contributed by atoms with van der Waals surface area (Å²) in [4.78, 5) is 26.0. The molecule has 5 atom stereocenters. The molecule has 46 heavy (non-hydrogen) atoms. The molecule has 0 saturated carbocycles. The number of hydrogen-bond acceptors (Lipinski definition) is 8. The van der Waals surface area contributed by atoms with Gasteiger partial charge in [0, 0.05) is 23.1 Å². The van der Waals surface area contributed by atoms with Gasteiger partial charge in [-0.3, -0.25) is 4.79 Å². The fraction of sp³-hybridized carbons (Fsp3) is 0.568. The number of carbonyl (C=O) groups is 2. The van der Waals surface area contributed by atoms with E-state index in [0.717, 1.165) is 6.42 Å². The second kappa shape index (κ2) is 13.0. The number of fused-ring (bicyclic) bond motifs is 3. The van der Waals surface area contributed by atoms with Crippen LogP contribution in [0.3, 0.4) is 0 Å². The van der Waals surface area contributed by atoms with Gasteiger partial charge < -0.3 is 34.6 Å². The summed E-state index contributed by atoms with van der Waals surface area (Å²) < 4.78 is 19.9. The molecule has 0 saturated heterocycles. The van der Waals surface area contributed by atoms with E-state index < -0.39 is 46.9 Å². The first-order valence-corrected chi connectivity index (χ1v) is 16.1. The molecule has 3 heterocycles. The normalized spacial score (nSPS) is 27.4. The number of aliphatic hydroxyl groups excluding tert-OH is 1. The molecule has 0 aliphatic carbocycles. The van der Waals surface area contributed by atoms with Crippen LogP contribution < -0.4 is 9.47 Å². The maximum absolute atomic E-state index is 14.4. The average molecular weight is 639 g/mol. The number of phenols is 1. The maximum Gasteiger partial charge on any atom is 0.330 e. The van der Waals surface area contributed by atoms with Crippen molar-refractivity contribution in [2.45, 2.75) is 130 Å². The smallest absolute Gasteiger partial charge is 0.330 e. The summed E-state index contributed by atoms with van der Waals surface area (Å²) in [5, 5.41) is 43.0. The number of hydrogen-bond donors (Lipinski definition) is 4. The molecule has 0 amide bonds. The lowest BCUT2D eigenvalue weighted by Crippen LogP contribution is -2.48. The van der Waals surface area contributed by atoms with E-state index in [1.54, 1.807) is 12.2 Å². The van der Waals surface area contributed by atoms with Crippen LogP contribution in [0.15, 0.2) is 41.0 Å². The summed E-state index contributed by atoms with van der Waals surface area (Å²) in [5.41, 5.74) is -0.633. The molecule has 9 heteroatoms. The van der Waals surface area contributed by atoms with E-state index in [-0.39, 0.29) is 47.1 Å². The minimum Gasteiger partial charge on any atom is -0.506 e. The van der Waals surface area contributed by atoms with Crippen molar-refractivity contribution >= 4 is 17.8 Å². The van der Waals surface area contributed by atoms with E-state index in [2.05, 4.69) is 6.08 Å². The Morgan fingerprint density at radius 2 is 1.83 bits per heavy atom. The number of carboxylic acids is 1. The molecule has 4 unspecified atom stereocenters. The molecular formula is C37H50O9. The fourth-order valence-corrected chi connectivity index (χ4v) is 5.97. The van der Waals surface area contributed by atoms with Crippen molar-refractivity contribution in [1.82, 2.24) is 0 Å². The number of aliphatic hydroxyl groups is 2. The van der Waals surface area contributed by atoms with Crippen LogP contribution in [0.4, 0.5) is 0 Å². The molecule has 252 valence electrons. The van der Waals surface area contributed by atoms with E-state index in [9.17, 15) is 30.0 Å². The molecule has 0 radical (unpaired) electrons. The lowest BCUT2D eigenvalue weighted by atomic mass is 9.80. The van der Waals surface area contributed by atoms with Crippen molar-refractivity contribution in [3.8, 4) is 17.2 Å². The van der Waals surface area contributed by atoms with Crippen LogP contribution in [-0.4, -0.2) is 67.3 Å². The summed E-state index contributed by atoms with van der Waals surface area (Å²) in [7, 11) is 0. The quantitative estimate of drug-likeness (QED) is 0.177. The van der Waals surface area contributed by atoms with Crippen LogP contribution in [0.1, 0.15) is 109 Å². The van der Waals surface area contributed by atoms with E-state index in [1.165, 1.54) is 26.3 Å². The number of rotatable bonds is 9. The average Bonchev–Trinajstić information content (AvgIpc) is 2.94. The van der Waals surface area contributed by atoms with Crippen molar-refractivity contribution in [3.05, 3.63) is 57.7 Å². The van der Waals surface area contributed by atoms with Crippen LogP contribution in [0.2, 0.25) is 0 Å². The molecule has 1 aromatic carbocycles. The van der Waals surface area contributed by atoms with E-state index >= 15 is 0 Å². The van der Waals surface area contributed by atoms with Crippen LogP contribution in [0.5, 0.6) is 17.2 Å². The monoisotopic (exact) mass is 638 g/mol. The van der Waals surface area contributed by atoms with Gasteiger partial charge >= 0.3 is 5.97 Å². The number of ketones is 1. The number of carboxylic acid groups (broad SMARTS) is 1. The molecular weight excluding hydrogens is 588 g/mol. The zero-order valence-corrected chi connectivity index (χ0v) is 28.6. The summed E-state index contributed by atoms with van der Waals surface area (Å²) in [6, 6.07) is 0. The predicted octanol–water partition coefficient (Wildman–Crippen LogP) is 6.47. The van der Waals surface area contributed by atoms with Gasteiger partial charge in [0.25, 0.3) is 0 Å².